The van der Waals surface area contributed by atoms with Gasteiger partial charge in [-0.3, -0.25) is 4.68 Å². The first kappa shape index (κ1) is 12.2. The first-order chi connectivity index (χ1) is 8.52. The molecule has 1 saturated heterocycles. The third kappa shape index (κ3) is 2.31. The topological polar surface area (TPSA) is 55.2 Å². The monoisotopic (exact) mass is 269 g/mol. The molecule has 0 amide bonds. The van der Waals surface area contributed by atoms with Crippen molar-refractivity contribution in [2.75, 3.05) is 19.3 Å². The fourth-order valence-corrected chi connectivity index (χ4v) is 3.57. The largest absolute Gasteiger partial charge is 0.272 e. The van der Waals surface area contributed by atoms with Gasteiger partial charge in [-0.05, 0) is 24.3 Å². The minimum Gasteiger partial charge on any atom is -0.272 e. The second-order valence-electron chi connectivity index (χ2n) is 5.57. The molecule has 0 spiro atoms. The Morgan fingerprint density at radius 1 is 1.39 bits per heavy atom. The van der Waals surface area contributed by atoms with Crippen LogP contribution in [0.4, 0.5) is 0 Å². The second kappa shape index (κ2) is 4.35. The van der Waals surface area contributed by atoms with Crippen LogP contribution in [0.15, 0.2) is 12.4 Å². The van der Waals surface area contributed by atoms with Crippen LogP contribution in [0.3, 0.4) is 0 Å². The molecule has 1 aliphatic carbocycles. The molecule has 2 aliphatic rings. The molecule has 5 nitrogen and oxygen atoms in total. The Hall–Kier alpha value is -0.880. The molecular formula is C12H19N3O2S. The Morgan fingerprint density at radius 2 is 2.11 bits per heavy atom. The Bertz CT molecular complexity index is 527. The van der Waals surface area contributed by atoms with Crippen LogP contribution >= 0.6 is 0 Å². The van der Waals surface area contributed by atoms with Crippen LogP contribution in [0.1, 0.15) is 30.7 Å². The summed E-state index contributed by atoms with van der Waals surface area (Å²) < 4.78 is 26.0. The summed E-state index contributed by atoms with van der Waals surface area (Å²) in [6.45, 7) is 2.10. The van der Waals surface area contributed by atoms with Gasteiger partial charge in [-0.25, -0.2) is 12.7 Å². The highest BCUT2D eigenvalue weighted by atomic mass is 32.2. The van der Waals surface area contributed by atoms with E-state index in [2.05, 4.69) is 11.3 Å². The Morgan fingerprint density at radius 3 is 2.67 bits per heavy atom. The van der Waals surface area contributed by atoms with Crippen molar-refractivity contribution in [3.05, 3.63) is 18.0 Å². The highest BCUT2D eigenvalue weighted by Crippen LogP contribution is 2.36. The number of nitrogens with zero attached hydrogens (tertiary/aromatic N) is 3. The molecular weight excluding hydrogens is 250 g/mol. The van der Waals surface area contributed by atoms with E-state index in [1.807, 2.05) is 10.9 Å². The molecule has 0 N–H and O–H groups in total. The molecule has 2 fully saturated rings. The summed E-state index contributed by atoms with van der Waals surface area (Å²) in [6.07, 6.45) is 9.28. The van der Waals surface area contributed by atoms with Crippen molar-refractivity contribution >= 4 is 10.0 Å². The molecule has 0 unspecified atom stereocenters. The normalized spacial score (nSPS) is 22.7. The summed E-state index contributed by atoms with van der Waals surface area (Å²) in [7, 11) is -2.99. The van der Waals surface area contributed by atoms with E-state index in [4.69, 9.17) is 0 Å². The zero-order valence-electron chi connectivity index (χ0n) is 10.6. The number of sulfonamides is 1. The lowest BCUT2D eigenvalue weighted by Crippen LogP contribution is -2.50. The lowest BCUT2D eigenvalue weighted by Gasteiger charge is -2.37. The van der Waals surface area contributed by atoms with Gasteiger partial charge < -0.3 is 0 Å². The maximum atomic E-state index is 11.3. The van der Waals surface area contributed by atoms with Gasteiger partial charge in [0.2, 0.25) is 10.0 Å². The Labute approximate surface area is 108 Å². The molecule has 2 heterocycles. The van der Waals surface area contributed by atoms with Crippen LogP contribution in [-0.4, -0.2) is 41.8 Å². The quantitative estimate of drug-likeness (QED) is 0.820. The highest BCUT2D eigenvalue weighted by Gasteiger charge is 2.33. The number of rotatable bonds is 4. The van der Waals surface area contributed by atoms with Crippen LogP contribution in [0.5, 0.6) is 0 Å². The van der Waals surface area contributed by atoms with E-state index >= 15 is 0 Å². The third-order valence-electron chi connectivity index (χ3n) is 4.07. The van der Waals surface area contributed by atoms with Gasteiger partial charge in [0, 0.05) is 31.7 Å². The van der Waals surface area contributed by atoms with Gasteiger partial charge in [0.25, 0.3) is 0 Å². The standard InChI is InChI=1S/C12H19N3O2S/c1-18(16,17)15-7-10(8-15)6-14-9-12(5-13-14)11-3-2-4-11/h5,9-11H,2-4,6-8H2,1H3. The van der Waals surface area contributed by atoms with Crippen LogP contribution in [0.2, 0.25) is 0 Å². The van der Waals surface area contributed by atoms with Gasteiger partial charge in [-0.2, -0.15) is 5.10 Å². The molecule has 0 radical (unpaired) electrons. The summed E-state index contributed by atoms with van der Waals surface area (Å²) in [5.41, 5.74) is 1.35. The molecule has 1 aromatic heterocycles. The fourth-order valence-electron chi connectivity index (χ4n) is 2.61. The van der Waals surface area contributed by atoms with E-state index in [1.165, 1.54) is 35.4 Å². The van der Waals surface area contributed by atoms with Crippen LogP contribution in [-0.2, 0) is 16.6 Å². The zero-order valence-corrected chi connectivity index (χ0v) is 11.4. The van der Waals surface area contributed by atoms with E-state index in [0.717, 1.165) is 6.54 Å². The maximum Gasteiger partial charge on any atom is 0.211 e. The molecule has 3 rings (SSSR count). The summed E-state index contributed by atoms with van der Waals surface area (Å²) in [6, 6.07) is 0. The van der Waals surface area contributed by atoms with E-state index < -0.39 is 10.0 Å². The molecule has 100 valence electrons. The lowest BCUT2D eigenvalue weighted by molar-refractivity contribution is 0.176. The SMILES string of the molecule is CS(=O)(=O)N1CC(Cn2cc(C3CCC3)cn2)C1. The summed E-state index contributed by atoms with van der Waals surface area (Å²) in [5.74, 6) is 1.13. The van der Waals surface area contributed by atoms with E-state index in [1.54, 1.807) is 0 Å². The molecule has 0 bridgehead atoms. The van der Waals surface area contributed by atoms with Crippen molar-refractivity contribution in [2.24, 2.45) is 5.92 Å². The number of hydrogen-bond acceptors (Lipinski definition) is 3. The maximum absolute atomic E-state index is 11.3. The molecule has 1 aromatic rings. The van der Waals surface area contributed by atoms with Crippen molar-refractivity contribution < 1.29 is 8.42 Å². The van der Waals surface area contributed by atoms with Crippen molar-refractivity contribution in [3.63, 3.8) is 0 Å². The fraction of sp³-hybridized carbons (Fsp3) is 0.750. The smallest absolute Gasteiger partial charge is 0.211 e. The molecule has 6 heteroatoms. The van der Waals surface area contributed by atoms with Crippen molar-refractivity contribution in [1.82, 2.24) is 14.1 Å². The first-order valence-corrected chi connectivity index (χ1v) is 8.34. The third-order valence-corrected chi connectivity index (χ3v) is 5.30. The molecule has 1 aliphatic heterocycles. The average molecular weight is 269 g/mol. The average Bonchev–Trinajstić information content (AvgIpc) is 2.54. The van der Waals surface area contributed by atoms with Gasteiger partial charge in [-0.15, -0.1) is 0 Å². The minimum absolute atomic E-state index is 0.411. The van der Waals surface area contributed by atoms with Crippen molar-refractivity contribution in [1.29, 1.82) is 0 Å². The van der Waals surface area contributed by atoms with Gasteiger partial charge in [0.15, 0.2) is 0 Å². The van der Waals surface area contributed by atoms with E-state index in [-0.39, 0.29) is 0 Å². The second-order valence-corrected chi connectivity index (χ2v) is 7.55. The summed E-state index contributed by atoms with van der Waals surface area (Å²) >= 11 is 0. The lowest BCUT2D eigenvalue weighted by atomic mass is 9.81. The predicted molar refractivity (Wildman–Crippen MR) is 68.7 cm³/mol. The molecule has 0 aromatic carbocycles. The van der Waals surface area contributed by atoms with Crippen LogP contribution in [0, 0.1) is 5.92 Å². The predicted octanol–water partition coefficient (Wildman–Crippen LogP) is 1.04. The highest BCUT2D eigenvalue weighted by molar-refractivity contribution is 7.88. The Balaban J connectivity index is 1.54. The minimum atomic E-state index is -2.99. The van der Waals surface area contributed by atoms with Crippen molar-refractivity contribution in [3.8, 4) is 0 Å². The number of hydrogen-bond donors (Lipinski definition) is 0. The van der Waals surface area contributed by atoms with Gasteiger partial charge in [0.05, 0.1) is 12.5 Å². The molecule has 18 heavy (non-hydrogen) atoms. The zero-order chi connectivity index (χ0) is 12.8. The van der Waals surface area contributed by atoms with Crippen LogP contribution < -0.4 is 0 Å². The van der Waals surface area contributed by atoms with E-state index in [0.29, 0.717) is 24.9 Å². The summed E-state index contributed by atoms with van der Waals surface area (Å²) in [4.78, 5) is 0. The van der Waals surface area contributed by atoms with Gasteiger partial charge >= 0.3 is 0 Å². The van der Waals surface area contributed by atoms with Gasteiger partial charge in [0.1, 0.15) is 0 Å². The van der Waals surface area contributed by atoms with Gasteiger partial charge in [-0.1, -0.05) is 6.42 Å². The van der Waals surface area contributed by atoms with E-state index in [9.17, 15) is 8.42 Å². The molecule has 1 saturated carbocycles. The first-order valence-electron chi connectivity index (χ1n) is 6.50. The molecule has 0 atom stereocenters. The Kier molecular flexibility index (Phi) is 2.94. The number of aromatic nitrogens is 2. The summed E-state index contributed by atoms with van der Waals surface area (Å²) in [5, 5.41) is 4.38. The van der Waals surface area contributed by atoms with Crippen molar-refractivity contribution in [2.45, 2.75) is 31.7 Å². The van der Waals surface area contributed by atoms with Crippen LogP contribution in [0.25, 0.3) is 0 Å².